The molecule has 0 amide bonds. The molecule has 2 N–H and O–H groups in total. The second-order valence-corrected chi connectivity index (χ2v) is 4.36. The van der Waals surface area contributed by atoms with Crippen LogP contribution in [0.3, 0.4) is 0 Å². The number of methoxy groups -OCH3 is 1. The zero-order valence-corrected chi connectivity index (χ0v) is 11.5. The number of morpholine rings is 1. The van der Waals surface area contributed by atoms with Gasteiger partial charge in [-0.05, 0) is 7.05 Å². The predicted molar refractivity (Wildman–Crippen MR) is 71.7 cm³/mol. The number of likely N-dealkylation sites (N-methyl/N-ethyl adjacent to an activating group) is 1. The van der Waals surface area contributed by atoms with E-state index in [0.29, 0.717) is 18.4 Å². The summed E-state index contributed by atoms with van der Waals surface area (Å²) in [5.74, 6) is 0.948. The lowest BCUT2D eigenvalue weighted by Crippen LogP contribution is -2.43. The number of rotatable bonds is 5. The van der Waals surface area contributed by atoms with Crippen LogP contribution in [0.4, 0.5) is 11.9 Å². The van der Waals surface area contributed by atoms with Crippen LogP contribution in [-0.4, -0.2) is 73.4 Å². The summed E-state index contributed by atoms with van der Waals surface area (Å²) < 4.78 is 10.7. The largest absolute Gasteiger partial charge is 0.467 e. The molecule has 1 atom stereocenters. The van der Waals surface area contributed by atoms with Gasteiger partial charge in [-0.1, -0.05) is 0 Å². The van der Waals surface area contributed by atoms with E-state index in [0.717, 1.165) is 19.7 Å². The standard InChI is InChI=1S/C11H20N6O2/c1-12-9-14-10(16-11(15-9)18-3)13-6-8-7-17(2)4-5-19-8/h8H,4-7H2,1-3H3,(H2,12,13,14,15,16). The van der Waals surface area contributed by atoms with Gasteiger partial charge < -0.3 is 25.0 Å². The third-order valence-electron chi connectivity index (χ3n) is 2.85. The fraction of sp³-hybridized carbons (Fsp3) is 0.727. The summed E-state index contributed by atoms with van der Waals surface area (Å²) in [5, 5.41) is 6.02. The lowest BCUT2D eigenvalue weighted by atomic mass is 10.3. The van der Waals surface area contributed by atoms with Crippen LogP contribution >= 0.6 is 0 Å². The van der Waals surface area contributed by atoms with Gasteiger partial charge in [-0.3, -0.25) is 0 Å². The molecule has 1 saturated heterocycles. The normalized spacial score (nSPS) is 20.1. The van der Waals surface area contributed by atoms with Crippen molar-refractivity contribution in [2.75, 3.05) is 58.1 Å². The highest BCUT2D eigenvalue weighted by Gasteiger charge is 2.18. The SMILES string of the molecule is CNc1nc(NCC2CN(C)CCO2)nc(OC)n1. The van der Waals surface area contributed by atoms with Gasteiger partial charge in [0.15, 0.2) is 0 Å². The van der Waals surface area contributed by atoms with E-state index in [2.05, 4.69) is 37.5 Å². The third kappa shape index (κ3) is 3.90. The number of nitrogens with one attached hydrogen (secondary N) is 2. The van der Waals surface area contributed by atoms with Crippen molar-refractivity contribution in [2.45, 2.75) is 6.10 Å². The van der Waals surface area contributed by atoms with Gasteiger partial charge in [-0.25, -0.2) is 0 Å². The summed E-state index contributed by atoms with van der Waals surface area (Å²) in [4.78, 5) is 14.6. The van der Waals surface area contributed by atoms with E-state index in [1.54, 1.807) is 7.05 Å². The number of hydrogen-bond donors (Lipinski definition) is 2. The Morgan fingerprint density at radius 2 is 2.16 bits per heavy atom. The summed E-state index contributed by atoms with van der Waals surface area (Å²) in [7, 11) is 5.36. The first-order chi connectivity index (χ1) is 9.21. The molecule has 19 heavy (non-hydrogen) atoms. The quantitative estimate of drug-likeness (QED) is 0.750. The average Bonchev–Trinajstić information content (AvgIpc) is 2.44. The summed E-state index contributed by atoms with van der Waals surface area (Å²) in [6.45, 7) is 3.28. The van der Waals surface area contributed by atoms with Crippen LogP contribution in [0.2, 0.25) is 0 Å². The maximum Gasteiger partial charge on any atom is 0.322 e. The molecule has 0 aromatic carbocycles. The fourth-order valence-electron chi connectivity index (χ4n) is 1.83. The zero-order chi connectivity index (χ0) is 13.7. The lowest BCUT2D eigenvalue weighted by Gasteiger charge is -2.30. The Morgan fingerprint density at radius 3 is 2.84 bits per heavy atom. The minimum atomic E-state index is 0.138. The molecule has 8 nitrogen and oxygen atoms in total. The van der Waals surface area contributed by atoms with Crippen LogP contribution in [-0.2, 0) is 4.74 Å². The Kier molecular flexibility index (Phi) is 4.69. The second kappa shape index (κ2) is 6.48. The van der Waals surface area contributed by atoms with Crippen molar-refractivity contribution in [3.8, 4) is 6.01 Å². The molecule has 0 spiro atoms. The highest BCUT2D eigenvalue weighted by atomic mass is 16.5. The van der Waals surface area contributed by atoms with Crippen molar-refractivity contribution in [3.63, 3.8) is 0 Å². The van der Waals surface area contributed by atoms with Gasteiger partial charge >= 0.3 is 6.01 Å². The van der Waals surface area contributed by atoms with E-state index >= 15 is 0 Å². The van der Waals surface area contributed by atoms with Crippen LogP contribution in [0.25, 0.3) is 0 Å². The maximum absolute atomic E-state index is 5.66. The highest BCUT2D eigenvalue weighted by molar-refractivity contribution is 5.35. The monoisotopic (exact) mass is 268 g/mol. The molecular weight excluding hydrogens is 248 g/mol. The van der Waals surface area contributed by atoms with E-state index in [4.69, 9.17) is 9.47 Å². The molecule has 106 valence electrons. The molecule has 2 heterocycles. The number of nitrogens with zero attached hydrogens (tertiary/aromatic N) is 4. The molecule has 2 rings (SSSR count). The second-order valence-electron chi connectivity index (χ2n) is 4.36. The molecule has 0 bridgehead atoms. The van der Waals surface area contributed by atoms with Crippen molar-refractivity contribution >= 4 is 11.9 Å². The first kappa shape index (κ1) is 13.8. The lowest BCUT2D eigenvalue weighted by molar-refractivity contribution is -0.0118. The molecule has 1 unspecified atom stereocenters. The average molecular weight is 268 g/mol. The minimum absolute atomic E-state index is 0.138. The maximum atomic E-state index is 5.66. The summed E-state index contributed by atoms with van der Waals surface area (Å²) in [5.41, 5.74) is 0. The van der Waals surface area contributed by atoms with Crippen LogP contribution < -0.4 is 15.4 Å². The van der Waals surface area contributed by atoms with Gasteiger partial charge in [-0.15, -0.1) is 0 Å². The van der Waals surface area contributed by atoms with E-state index in [1.807, 2.05) is 0 Å². The van der Waals surface area contributed by atoms with Gasteiger partial charge in [0, 0.05) is 26.7 Å². The molecule has 1 aromatic heterocycles. The van der Waals surface area contributed by atoms with Crippen molar-refractivity contribution in [1.29, 1.82) is 0 Å². The first-order valence-corrected chi connectivity index (χ1v) is 6.23. The first-order valence-electron chi connectivity index (χ1n) is 6.23. The molecular formula is C11H20N6O2. The molecule has 0 radical (unpaired) electrons. The topological polar surface area (TPSA) is 84.4 Å². The van der Waals surface area contributed by atoms with E-state index in [-0.39, 0.29) is 12.1 Å². The smallest absolute Gasteiger partial charge is 0.322 e. The van der Waals surface area contributed by atoms with Gasteiger partial charge in [0.25, 0.3) is 0 Å². The van der Waals surface area contributed by atoms with E-state index in [9.17, 15) is 0 Å². The highest BCUT2D eigenvalue weighted by Crippen LogP contribution is 2.11. The molecule has 0 aliphatic carbocycles. The third-order valence-corrected chi connectivity index (χ3v) is 2.85. The molecule has 0 saturated carbocycles. The van der Waals surface area contributed by atoms with Crippen molar-refractivity contribution < 1.29 is 9.47 Å². The molecule has 8 heteroatoms. The van der Waals surface area contributed by atoms with E-state index < -0.39 is 0 Å². The Balaban J connectivity index is 1.94. The van der Waals surface area contributed by atoms with Gasteiger partial charge in [-0.2, -0.15) is 15.0 Å². The van der Waals surface area contributed by atoms with Crippen molar-refractivity contribution in [1.82, 2.24) is 19.9 Å². The summed E-state index contributed by atoms with van der Waals surface area (Å²) in [6, 6.07) is 0.281. The van der Waals surface area contributed by atoms with Crippen LogP contribution in [0.15, 0.2) is 0 Å². The number of anilines is 2. The van der Waals surface area contributed by atoms with E-state index in [1.165, 1.54) is 7.11 Å². The van der Waals surface area contributed by atoms with Crippen LogP contribution in [0.1, 0.15) is 0 Å². The van der Waals surface area contributed by atoms with Crippen LogP contribution in [0, 0.1) is 0 Å². The van der Waals surface area contributed by atoms with Gasteiger partial charge in [0.05, 0.1) is 19.8 Å². The Labute approximate surface area is 112 Å². The van der Waals surface area contributed by atoms with Crippen molar-refractivity contribution in [2.24, 2.45) is 0 Å². The zero-order valence-electron chi connectivity index (χ0n) is 11.5. The van der Waals surface area contributed by atoms with Gasteiger partial charge in [0.1, 0.15) is 0 Å². The molecule has 1 fully saturated rings. The summed E-state index contributed by atoms with van der Waals surface area (Å²) >= 11 is 0. The number of aromatic nitrogens is 3. The van der Waals surface area contributed by atoms with Gasteiger partial charge in [0.2, 0.25) is 11.9 Å². The van der Waals surface area contributed by atoms with Crippen molar-refractivity contribution in [3.05, 3.63) is 0 Å². The summed E-state index contributed by atoms with van der Waals surface area (Å²) in [6.07, 6.45) is 0.138. The predicted octanol–water partition coefficient (Wildman–Crippen LogP) is -0.336. The fourth-order valence-corrected chi connectivity index (χ4v) is 1.83. The molecule has 1 aliphatic heterocycles. The molecule has 1 aromatic rings. The van der Waals surface area contributed by atoms with Crippen LogP contribution in [0.5, 0.6) is 6.01 Å². The number of hydrogen-bond acceptors (Lipinski definition) is 8. The Bertz CT molecular complexity index is 394. The minimum Gasteiger partial charge on any atom is -0.467 e. The Hall–Kier alpha value is -1.67. The Morgan fingerprint density at radius 1 is 1.37 bits per heavy atom. The number of ether oxygens (including phenoxy) is 2. The molecule has 1 aliphatic rings.